The fraction of sp³-hybridized carbons (Fsp3) is 0.467. The lowest BCUT2D eigenvalue weighted by Crippen LogP contribution is -2.02. The molecule has 0 saturated heterocycles. The molecule has 94 valence electrons. The van der Waals surface area contributed by atoms with Gasteiger partial charge in [-0.1, -0.05) is 41.9 Å². The second-order valence-corrected chi connectivity index (χ2v) is 5.22. The van der Waals surface area contributed by atoms with E-state index in [1.807, 2.05) is 6.07 Å². The van der Waals surface area contributed by atoms with Crippen molar-refractivity contribution in [1.29, 1.82) is 0 Å². The molecule has 1 nitrogen and oxygen atoms in total. The van der Waals surface area contributed by atoms with Crippen LogP contribution in [0.5, 0.6) is 5.75 Å². The van der Waals surface area contributed by atoms with Crippen LogP contribution in [0.4, 0.5) is 0 Å². The van der Waals surface area contributed by atoms with Gasteiger partial charge in [-0.3, -0.25) is 0 Å². The van der Waals surface area contributed by atoms with Crippen molar-refractivity contribution in [3.8, 4) is 5.75 Å². The second-order valence-electron chi connectivity index (χ2n) is 4.31. The van der Waals surface area contributed by atoms with Crippen LogP contribution in [-0.2, 0) is 6.42 Å². The Morgan fingerprint density at radius 1 is 1.41 bits per heavy atom. The van der Waals surface area contributed by atoms with Crippen molar-refractivity contribution in [1.82, 2.24) is 0 Å². The quantitative estimate of drug-likeness (QED) is 0.672. The molecule has 1 aromatic carbocycles. The maximum atomic E-state index is 5.78. The number of ether oxygens (including phenoxy) is 1. The van der Waals surface area contributed by atoms with Crippen molar-refractivity contribution in [3.63, 3.8) is 0 Å². The highest BCUT2D eigenvalue weighted by Gasteiger charge is 2.07. The third-order valence-electron chi connectivity index (χ3n) is 2.55. The Morgan fingerprint density at radius 3 is 2.82 bits per heavy atom. The molecule has 2 heteroatoms. The summed E-state index contributed by atoms with van der Waals surface area (Å²) in [5.41, 5.74) is 1.28. The predicted molar refractivity (Wildman–Crippen MR) is 77.6 cm³/mol. The molecule has 1 unspecified atom stereocenters. The average Bonchev–Trinajstić information content (AvgIpc) is 2.28. The van der Waals surface area contributed by atoms with Crippen LogP contribution in [0, 0.1) is 5.92 Å². The van der Waals surface area contributed by atoms with Crippen molar-refractivity contribution < 1.29 is 4.74 Å². The molecule has 0 saturated carbocycles. The minimum atomic E-state index is 0.540. The average molecular weight is 297 g/mol. The minimum absolute atomic E-state index is 0.540. The van der Waals surface area contributed by atoms with E-state index in [4.69, 9.17) is 4.74 Å². The lowest BCUT2D eigenvalue weighted by molar-refractivity contribution is 0.313. The zero-order chi connectivity index (χ0) is 12.7. The zero-order valence-electron chi connectivity index (χ0n) is 10.9. The molecule has 0 heterocycles. The minimum Gasteiger partial charge on any atom is -0.493 e. The third kappa shape index (κ3) is 4.95. The Kier molecular flexibility index (Phi) is 6.35. The Bertz CT molecular complexity index is 371. The Labute approximate surface area is 113 Å². The van der Waals surface area contributed by atoms with Gasteiger partial charge in [-0.15, -0.1) is 0 Å². The molecular formula is C15H21BrO. The first-order valence-corrected chi connectivity index (χ1v) is 7.00. The van der Waals surface area contributed by atoms with Gasteiger partial charge in [-0.25, -0.2) is 0 Å². The van der Waals surface area contributed by atoms with Gasteiger partial charge in [-0.05, 0) is 49.4 Å². The van der Waals surface area contributed by atoms with E-state index in [9.17, 15) is 0 Å². The van der Waals surface area contributed by atoms with Crippen LogP contribution < -0.4 is 4.74 Å². The smallest absolute Gasteiger partial charge is 0.122 e. The highest BCUT2D eigenvalue weighted by atomic mass is 79.9. The van der Waals surface area contributed by atoms with E-state index >= 15 is 0 Å². The summed E-state index contributed by atoms with van der Waals surface area (Å²) in [7, 11) is 0. The normalized spacial score (nSPS) is 12.9. The fourth-order valence-corrected chi connectivity index (χ4v) is 2.21. The molecule has 0 bridgehead atoms. The van der Waals surface area contributed by atoms with Gasteiger partial charge in [0.15, 0.2) is 0 Å². The molecule has 0 N–H and O–H groups in total. The summed E-state index contributed by atoms with van der Waals surface area (Å²) in [6.07, 6.45) is 6.39. The van der Waals surface area contributed by atoms with Crippen LogP contribution in [-0.4, -0.2) is 6.61 Å². The summed E-state index contributed by atoms with van der Waals surface area (Å²) in [6, 6.07) is 6.25. The van der Waals surface area contributed by atoms with Crippen LogP contribution in [0.25, 0.3) is 0 Å². The first-order valence-electron chi connectivity index (χ1n) is 6.21. The lowest BCUT2D eigenvalue weighted by atomic mass is 10.00. The predicted octanol–water partition coefficient (Wildman–Crippen LogP) is 4.99. The molecule has 1 aromatic rings. The SMILES string of the molecule is C/C=C\C(C)Cc1cc(Br)ccc1OCCC. The molecule has 1 rings (SSSR count). The Balaban J connectivity index is 2.82. The van der Waals surface area contributed by atoms with Crippen molar-refractivity contribution in [2.45, 2.75) is 33.6 Å². The molecule has 17 heavy (non-hydrogen) atoms. The molecule has 0 amide bonds. The molecule has 1 atom stereocenters. The lowest BCUT2D eigenvalue weighted by Gasteiger charge is -2.13. The van der Waals surface area contributed by atoms with E-state index in [2.05, 4.69) is 61.0 Å². The van der Waals surface area contributed by atoms with E-state index < -0.39 is 0 Å². The summed E-state index contributed by atoms with van der Waals surface area (Å²) in [4.78, 5) is 0. The molecule has 0 spiro atoms. The van der Waals surface area contributed by atoms with Crippen LogP contribution in [0.3, 0.4) is 0 Å². The molecule has 0 fully saturated rings. The molecule has 0 aliphatic rings. The summed E-state index contributed by atoms with van der Waals surface area (Å²) in [5, 5.41) is 0. The summed E-state index contributed by atoms with van der Waals surface area (Å²) in [5.74, 6) is 1.56. The number of benzene rings is 1. The van der Waals surface area contributed by atoms with E-state index in [-0.39, 0.29) is 0 Å². The zero-order valence-corrected chi connectivity index (χ0v) is 12.5. The Hall–Kier alpha value is -0.760. The van der Waals surface area contributed by atoms with Crippen molar-refractivity contribution in [2.24, 2.45) is 5.92 Å². The highest BCUT2D eigenvalue weighted by Crippen LogP contribution is 2.26. The van der Waals surface area contributed by atoms with Crippen LogP contribution in [0.1, 0.15) is 32.8 Å². The van der Waals surface area contributed by atoms with E-state index in [1.54, 1.807) is 0 Å². The van der Waals surface area contributed by atoms with E-state index in [0.29, 0.717) is 5.92 Å². The van der Waals surface area contributed by atoms with Crippen molar-refractivity contribution in [2.75, 3.05) is 6.61 Å². The number of allylic oxidation sites excluding steroid dienone is 2. The van der Waals surface area contributed by atoms with Crippen molar-refractivity contribution >= 4 is 15.9 Å². The summed E-state index contributed by atoms with van der Waals surface area (Å²) in [6.45, 7) is 7.20. The van der Waals surface area contributed by atoms with Crippen LogP contribution >= 0.6 is 15.9 Å². The number of halogens is 1. The van der Waals surface area contributed by atoms with Crippen molar-refractivity contribution in [3.05, 3.63) is 40.4 Å². The maximum absolute atomic E-state index is 5.78. The number of hydrogen-bond acceptors (Lipinski definition) is 1. The van der Waals surface area contributed by atoms with E-state index in [0.717, 1.165) is 29.7 Å². The van der Waals surface area contributed by atoms with Gasteiger partial charge in [0.2, 0.25) is 0 Å². The Morgan fingerprint density at radius 2 is 2.18 bits per heavy atom. The van der Waals surface area contributed by atoms with Gasteiger partial charge in [0.25, 0.3) is 0 Å². The van der Waals surface area contributed by atoms with Gasteiger partial charge in [0, 0.05) is 4.47 Å². The fourth-order valence-electron chi connectivity index (χ4n) is 1.80. The largest absolute Gasteiger partial charge is 0.493 e. The highest BCUT2D eigenvalue weighted by molar-refractivity contribution is 9.10. The van der Waals surface area contributed by atoms with Crippen LogP contribution in [0.2, 0.25) is 0 Å². The first-order chi connectivity index (χ1) is 8.17. The van der Waals surface area contributed by atoms with Gasteiger partial charge in [-0.2, -0.15) is 0 Å². The van der Waals surface area contributed by atoms with Crippen LogP contribution in [0.15, 0.2) is 34.8 Å². The molecular weight excluding hydrogens is 276 g/mol. The molecule has 0 aromatic heterocycles. The number of rotatable bonds is 6. The molecule has 0 radical (unpaired) electrons. The number of hydrogen-bond donors (Lipinski definition) is 0. The third-order valence-corrected chi connectivity index (χ3v) is 3.04. The molecule has 0 aliphatic carbocycles. The van der Waals surface area contributed by atoms with Gasteiger partial charge in [0.05, 0.1) is 6.61 Å². The van der Waals surface area contributed by atoms with Gasteiger partial charge in [0.1, 0.15) is 5.75 Å². The topological polar surface area (TPSA) is 9.23 Å². The summed E-state index contributed by atoms with van der Waals surface area (Å²) >= 11 is 3.52. The monoisotopic (exact) mass is 296 g/mol. The summed E-state index contributed by atoms with van der Waals surface area (Å²) < 4.78 is 6.89. The second kappa shape index (κ2) is 7.54. The standard InChI is InChI=1S/C15H21BrO/c1-4-6-12(3)10-13-11-14(16)7-8-15(13)17-9-5-2/h4,6-8,11-12H,5,9-10H2,1-3H3/b6-4-. The maximum Gasteiger partial charge on any atom is 0.122 e. The van der Waals surface area contributed by atoms with Gasteiger partial charge < -0.3 is 4.74 Å². The molecule has 0 aliphatic heterocycles. The van der Waals surface area contributed by atoms with E-state index in [1.165, 1.54) is 5.56 Å². The van der Waals surface area contributed by atoms with Gasteiger partial charge >= 0.3 is 0 Å². The first kappa shape index (κ1) is 14.3.